The van der Waals surface area contributed by atoms with Crippen molar-refractivity contribution in [3.63, 3.8) is 0 Å². The maximum atomic E-state index is 12.8. The number of amides is 1. The Kier molecular flexibility index (Phi) is 4.74. The zero-order valence-electron chi connectivity index (χ0n) is 14.5. The first kappa shape index (κ1) is 16.7. The zero-order valence-corrected chi connectivity index (χ0v) is 14.5. The summed E-state index contributed by atoms with van der Waals surface area (Å²) in [6.45, 7) is 0.408. The molecule has 7 heteroatoms. The van der Waals surface area contributed by atoms with E-state index in [0.717, 1.165) is 22.6 Å². The summed E-state index contributed by atoms with van der Waals surface area (Å²) in [6, 6.07) is 17.3. The number of carbonyl (C=O) groups is 1. The van der Waals surface area contributed by atoms with E-state index in [0.29, 0.717) is 18.5 Å². The summed E-state index contributed by atoms with van der Waals surface area (Å²) in [6.07, 6.45) is 5.60. The van der Waals surface area contributed by atoms with Crippen molar-refractivity contribution in [2.45, 2.75) is 13.0 Å². The van der Waals surface area contributed by atoms with Crippen LogP contribution >= 0.6 is 0 Å². The zero-order chi connectivity index (χ0) is 18.5. The van der Waals surface area contributed by atoms with Gasteiger partial charge in [0.25, 0.3) is 5.91 Å². The highest BCUT2D eigenvalue weighted by Gasteiger charge is 2.13. The van der Waals surface area contributed by atoms with E-state index in [1.165, 1.54) is 6.33 Å². The third kappa shape index (κ3) is 3.77. The molecule has 0 bridgehead atoms. The van der Waals surface area contributed by atoms with Crippen molar-refractivity contribution < 1.29 is 4.79 Å². The van der Waals surface area contributed by atoms with E-state index in [9.17, 15) is 4.79 Å². The molecule has 2 heterocycles. The monoisotopic (exact) mass is 358 g/mol. The van der Waals surface area contributed by atoms with E-state index >= 15 is 0 Å². The molecule has 4 rings (SSSR count). The van der Waals surface area contributed by atoms with Crippen LogP contribution in [0.5, 0.6) is 0 Å². The highest BCUT2D eigenvalue weighted by molar-refractivity contribution is 5.95. The van der Waals surface area contributed by atoms with Crippen LogP contribution < -0.4 is 5.32 Å². The molecule has 0 aliphatic rings. The number of hydrogen-bond donors (Lipinski definition) is 2. The Bertz CT molecular complexity index is 1020. The second-order valence-corrected chi connectivity index (χ2v) is 6.03. The van der Waals surface area contributed by atoms with Gasteiger partial charge in [0.1, 0.15) is 12.2 Å². The van der Waals surface area contributed by atoms with Crippen LogP contribution in [0.15, 0.2) is 73.3 Å². The number of nitrogens with one attached hydrogen (secondary N) is 2. The van der Waals surface area contributed by atoms with Crippen LogP contribution in [0.4, 0.5) is 0 Å². The van der Waals surface area contributed by atoms with Crippen LogP contribution in [0.2, 0.25) is 0 Å². The normalized spacial score (nSPS) is 10.7. The number of H-pyrrole nitrogens is 1. The molecule has 0 spiro atoms. The van der Waals surface area contributed by atoms with Gasteiger partial charge in [-0.25, -0.2) is 9.67 Å². The first-order valence-corrected chi connectivity index (χ1v) is 8.59. The average Bonchev–Trinajstić information content (AvgIpc) is 3.41. The maximum Gasteiger partial charge on any atom is 0.251 e. The fourth-order valence-corrected chi connectivity index (χ4v) is 2.96. The minimum atomic E-state index is -0.125. The van der Waals surface area contributed by atoms with E-state index in [2.05, 4.69) is 25.6 Å². The molecule has 2 aromatic heterocycles. The van der Waals surface area contributed by atoms with Crippen LogP contribution in [0.3, 0.4) is 0 Å². The Hall–Kier alpha value is -3.74. The van der Waals surface area contributed by atoms with Gasteiger partial charge in [-0.3, -0.25) is 9.89 Å². The summed E-state index contributed by atoms with van der Waals surface area (Å²) in [5.41, 5.74) is 3.46. The summed E-state index contributed by atoms with van der Waals surface area (Å²) in [5, 5.41) is 14.0. The molecule has 0 aliphatic carbocycles. The van der Waals surface area contributed by atoms with Crippen LogP contribution in [0.1, 0.15) is 27.3 Å². The number of aromatic nitrogens is 5. The van der Waals surface area contributed by atoms with Gasteiger partial charge in [0.2, 0.25) is 0 Å². The largest absolute Gasteiger partial charge is 0.348 e. The smallest absolute Gasteiger partial charge is 0.251 e. The number of rotatable bonds is 6. The van der Waals surface area contributed by atoms with Crippen LogP contribution in [0, 0.1) is 0 Å². The molecule has 0 radical (unpaired) electrons. The van der Waals surface area contributed by atoms with Gasteiger partial charge in [0.05, 0.1) is 5.69 Å². The summed E-state index contributed by atoms with van der Waals surface area (Å²) in [4.78, 5) is 16.9. The predicted octanol–water partition coefficient (Wildman–Crippen LogP) is 2.51. The molecular weight excluding hydrogens is 340 g/mol. The fraction of sp³-hybridized carbons (Fsp3) is 0.100. The third-order valence-corrected chi connectivity index (χ3v) is 4.27. The number of hydrogen-bond acceptors (Lipinski definition) is 4. The maximum absolute atomic E-state index is 12.8. The van der Waals surface area contributed by atoms with Crippen LogP contribution in [-0.2, 0) is 13.0 Å². The number of nitrogens with zero attached hydrogens (tertiary/aromatic N) is 4. The first-order chi connectivity index (χ1) is 13.3. The van der Waals surface area contributed by atoms with Gasteiger partial charge >= 0.3 is 0 Å². The standard InChI is InChI=1S/C20H18N6O/c27-20(17-8-3-1-6-15(17)12-19-22-14-23-25-19)21-13-16-7-2-4-9-18(16)26-11-5-10-24-26/h1-11,14H,12-13H2,(H,21,27)(H,22,23,25). The van der Waals surface area contributed by atoms with Crippen molar-refractivity contribution in [2.24, 2.45) is 0 Å². The molecule has 0 saturated carbocycles. The van der Waals surface area contributed by atoms with Crippen molar-refractivity contribution in [1.82, 2.24) is 30.3 Å². The van der Waals surface area contributed by atoms with Crippen LogP contribution in [-0.4, -0.2) is 30.9 Å². The average molecular weight is 358 g/mol. The SMILES string of the molecule is O=C(NCc1ccccc1-n1cccn1)c1ccccc1Cc1ncn[nH]1. The molecule has 0 aliphatic heterocycles. The second kappa shape index (κ2) is 7.65. The van der Waals surface area contributed by atoms with Gasteiger partial charge in [0.15, 0.2) is 0 Å². The lowest BCUT2D eigenvalue weighted by atomic mass is 10.0. The number of benzene rings is 2. The minimum Gasteiger partial charge on any atom is -0.348 e. The quantitative estimate of drug-likeness (QED) is 0.554. The Balaban J connectivity index is 1.51. The van der Waals surface area contributed by atoms with E-state index in [-0.39, 0.29) is 5.91 Å². The molecular formula is C20H18N6O. The highest BCUT2D eigenvalue weighted by atomic mass is 16.1. The summed E-state index contributed by atoms with van der Waals surface area (Å²) in [7, 11) is 0. The van der Waals surface area contributed by atoms with Crippen molar-refractivity contribution in [3.05, 3.63) is 95.8 Å². The molecule has 0 unspecified atom stereocenters. The Morgan fingerprint density at radius 3 is 2.63 bits per heavy atom. The molecule has 2 N–H and O–H groups in total. The lowest BCUT2D eigenvalue weighted by molar-refractivity contribution is 0.0950. The number of carbonyl (C=O) groups excluding carboxylic acids is 1. The molecule has 7 nitrogen and oxygen atoms in total. The third-order valence-electron chi connectivity index (χ3n) is 4.27. The van der Waals surface area contributed by atoms with E-state index in [1.807, 2.05) is 60.8 Å². The number of para-hydroxylation sites is 1. The minimum absolute atomic E-state index is 0.125. The van der Waals surface area contributed by atoms with Crippen LogP contribution in [0.25, 0.3) is 5.69 Å². The van der Waals surface area contributed by atoms with Crippen molar-refractivity contribution in [3.8, 4) is 5.69 Å². The highest BCUT2D eigenvalue weighted by Crippen LogP contribution is 2.15. The van der Waals surface area contributed by atoms with E-state index < -0.39 is 0 Å². The van der Waals surface area contributed by atoms with Gasteiger partial charge in [0, 0.05) is 30.9 Å². The predicted molar refractivity (Wildman–Crippen MR) is 100 cm³/mol. The Morgan fingerprint density at radius 1 is 1.04 bits per heavy atom. The molecule has 0 fully saturated rings. The number of aromatic amines is 1. The molecule has 27 heavy (non-hydrogen) atoms. The van der Waals surface area contributed by atoms with Gasteiger partial charge in [-0.15, -0.1) is 0 Å². The molecule has 2 aromatic carbocycles. The molecule has 1 amide bonds. The molecule has 0 atom stereocenters. The van der Waals surface area contributed by atoms with Crippen molar-refractivity contribution >= 4 is 5.91 Å². The summed E-state index contributed by atoms with van der Waals surface area (Å²) >= 11 is 0. The van der Waals surface area contributed by atoms with Gasteiger partial charge < -0.3 is 5.32 Å². The molecule has 0 saturated heterocycles. The lowest BCUT2D eigenvalue weighted by Gasteiger charge is -2.12. The van der Waals surface area contributed by atoms with E-state index in [4.69, 9.17) is 0 Å². The van der Waals surface area contributed by atoms with E-state index in [1.54, 1.807) is 10.9 Å². The second-order valence-electron chi connectivity index (χ2n) is 6.03. The summed E-state index contributed by atoms with van der Waals surface area (Å²) in [5.74, 6) is 0.597. The topological polar surface area (TPSA) is 88.5 Å². The Morgan fingerprint density at radius 2 is 1.85 bits per heavy atom. The molecule has 134 valence electrons. The molecule has 4 aromatic rings. The Labute approximate surface area is 156 Å². The lowest BCUT2D eigenvalue weighted by Crippen LogP contribution is -2.24. The van der Waals surface area contributed by atoms with Gasteiger partial charge in [-0.2, -0.15) is 10.2 Å². The van der Waals surface area contributed by atoms with Gasteiger partial charge in [-0.1, -0.05) is 36.4 Å². The first-order valence-electron chi connectivity index (χ1n) is 8.59. The van der Waals surface area contributed by atoms with Crippen molar-refractivity contribution in [2.75, 3.05) is 0 Å². The fourth-order valence-electron chi connectivity index (χ4n) is 2.96. The summed E-state index contributed by atoms with van der Waals surface area (Å²) < 4.78 is 1.79. The van der Waals surface area contributed by atoms with Gasteiger partial charge in [-0.05, 0) is 29.3 Å². The van der Waals surface area contributed by atoms with Crippen molar-refractivity contribution in [1.29, 1.82) is 0 Å².